The molecular weight excluding hydrogens is 327 g/mol. The molecule has 2 nitrogen and oxygen atoms in total. The average molecular weight is 344 g/mol. The van der Waals surface area contributed by atoms with Crippen LogP contribution in [0.4, 0.5) is 0 Å². The molecule has 0 bridgehead atoms. The van der Waals surface area contributed by atoms with Crippen molar-refractivity contribution >= 4 is 28.7 Å². The third kappa shape index (κ3) is 4.41. The third-order valence-corrected chi connectivity index (χ3v) is 3.88. The quantitative estimate of drug-likeness (QED) is 0.613. The number of halogens is 1. The Labute approximate surface area is 116 Å². The first-order valence-corrected chi connectivity index (χ1v) is 7.20. The summed E-state index contributed by atoms with van der Waals surface area (Å²) in [6.07, 6.45) is 6.41. The summed E-state index contributed by atoms with van der Waals surface area (Å²) in [6, 6.07) is 10.2. The molecule has 1 aromatic rings. The van der Waals surface area contributed by atoms with E-state index in [-0.39, 0.29) is 6.29 Å². The fourth-order valence-corrected chi connectivity index (χ4v) is 2.63. The first kappa shape index (κ1) is 13.1. The van der Waals surface area contributed by atoms with Crippen LogP contribution in [-0.2, 0) is 9.47 Å². The fourth-order valence-electron chi connectivity index (χ4n) is 1.77. The van der Waals surface area contributed by atoms with Gasteiger partial charge in [-0.05, 0) is 18.4 Å². The Hall–Kier alpha value is -0.390. The molecule has 0 unspecified atom stereocenters. The molecule has 0 spiro atoms. The van der Waals surface area contributed by atoms with Gasteiger partial charge in [-0.15, -0.1) is 0 Å². The standard InChI is InChI=1S/C14H17IO2/c15-13-9-5-11-17-14(13)16-10-4-8-12-6-2-1-3-7-12/h1-4,6-8,13-14H,5,9-11H2/b8-4+/t13-,14-/m1/s1. The van der Waals surface area contributed by atoms with Crippen molar-refractivity contribution in [2.45, 2.75) is 23.1 Å². The highest BCUT2D eigenvalue weighted by Gasteiger charge is 2.23. The maximum Gasteiger partial charge on any atom is 0.169 e. The molecule has 1 heterocycles. The normalized spacial score (nSPS) is 25.2. The zero-order chi connectivity index (χ0) is 11.9. The van der Waals surface area contributed by atoms with Crippen molar-refractivity contribution in [2.75, 3.05) is 13.2 Å². The maximum atomic E-state index is 5.70. The van der Waals surface area contributed by atoms with Gasteiger partial charge in [0.25, 0.3) is 0 Å². The van der Waals surface area contributed by atoms with E-state index in [1.807, 2.05) is 24.3 Å². The second-order valence-corrected chi connectivity index (χ2v) is 5.64. The number of ether oxygens (including phenoxy) is 2. The molecule has 0 aliphatic carbocycles. The first-order valence-electron chi connectivity index (χ1n) is 5.95. The van der Waals surface area contributed by atoms with Crippen molar-refractivity contribution in [3.8, 4) is 0 Å². The summed E-state index contributed by atoms with van der Waals surface area (Å²) in [4.78, 5) is 0. The van der Waals surface area contributed by atoms with E-state index in [4.69, 9.17) is 9.47 Å². The van der Waals surface area contributed by atoms with Crippen LogP contribution in [0.5, 0.6) is 0 Å². The van der Waals surface area contributed by atoms with Crippen molar-refractivity contribution in [3.63, 3.8) is 0 Å². The summed E-state index contributed by atoms with van der Waals surface area (Å²) in [5.74, 6) is 0. The SMILES string of the molecule is I[C@@H]1CCCO[C@H]1OC/C=C/c1ccccc1. The lowest BCUT2D eigenvalue weighted by atomic mass is 10.2. The summed E-state index contributed by atoms with van der Waals surface area (Å²) < 4.78 is 11.8. The number of hydrogen-bond acceptors (Lipinski definition) is 2. The Morgan fingerprint density at radius 3 is 2.94 bits per heavy atom. The predicted octanol–water partition coefficient (Wildman–Crippen LogP) is 3.66. The van der Waals surface area contributed by atoms with Gasteiger partial charge >= 0.3 is 0 Å². The van der Waals surface area contributed by atoms with E-state index >= 15 is 0 Å². The number of rotatable bonds is 4. The monoisotopic (exact) mass is 344 g/mol. The van der Waals surface area contributed by atoms with Crippen LogP contribution in [0.3, 0.4) is 0 Å². The Kier molecular flexibility index (Phi) is 5.48. The van der Waals surface area contributed by atoms with E-state index < -0.39 is 0 Å². The largest absolute Gasteiger partial charge is 0.352 e. The van der Waals surface area contributed by atoms with Gasteiger partial charge in [0, 0.05) is 6.61 Å². The summed E-state index contributed by atoms with van der Waals surface area (Å²) >= 11 is 2.41. The van der Waals surface area contributed by atoms with Crippen molar-refractivity contribution in [1.29, 1.82) is 0 Å². The van der Waals surface area contributed by atoms with Crippen molar-refractivity contribution < 1.29 is 9.47 Å². The minimum absolute atomic E-state index is 0.0372. The van der Waals surface area contributed by atoms with E-state index in [1.165, 1.54) is 12.0 Å². The number of hydrogen-bond donors (Lipinski definition) is 0. The molecule has 0 N–H and O–H groups in total. The average Bonchev–Trinajstić information content (AvgIpc) is 2.38. The van der Waals surface area contributed by atoms with E-state index in [0.29, 0.717) is 10.5 Å². The van der Waals surface area contributed by atoms with Crippen LogP contribution in [0.15, 0.2) is 36.4 Å². The lowest BCUT2D eigenvalue weighted by molar-refractivity contribution is -0.148. The van der Waals surface area contributed by atoms with Gasteiger partial charge in [0.2, 0.25) is 0 Å². The zero-order valence-electron chi connectivity index (χ0n) is 9.72. The van der Waals surface area contributed by atoms with E-state index in [2.05, 4.69) is 40.8 Å². The second-order valence-electron chi connectivity index (χ2n) is 4.04. The summed E-state index contributed by atoms with van der Waals surface area (Å²) in [7, 11) is 0. The molecule has 92 valence electrons. The molecule has 3 heteroatoms. The molecule has 2 rings (SSSR count). The van der Waals surface area contributed by atoms with Gasteiger partial charge in [0.15, 0.2) is 6.29 Å². The van der Waals surface area contributed by atoms with E-state index in [1.54, 1.807) is 0 Å². The van der Waals surface area contributed by atoms with Gasteiger partial charge in [-0.2, -0.15) is 0 Å². The van der Waals surface area contributed by atoms with Crippen LogP contribution < -0.4 is 0 Å². The lowest BCUT2D eigenvalue weighted by Gasteiger charge is -2.27. The molecule has 1 aliphatic rings. The smallest absolute Gasteiger partial charge is 0.169 e. The highest BCUT2D eigenvalue weighted by molar-refractivity contribution is 14.1. The van der Waals surface area contributed by atoms with Crippen molar-refractivity contribution in [1.82, 2.24) is 0 Å². The van der Waals surface area contributed by atoms with E-state index in [0.717, 1.165) is 13.0 Å². The van der Waals surface area contributed by atoms with Crippen LogP contribution in [0, 0.1) is 0 Å². The van der Waals surface area contributed by atoms with Crippen molar-refractivity contribution in [2.24, 2.45) is 0 Å². The molecule has 0 aromatic heterocycles. The molecular formula is C14H17IO2. The van der Waals surface area contributed by atoms with Crippen LogP contribution in [-0.4, -0.2) is 23.4 Å². The minimum atomic E-state index is -0.0372. The molecule has 1 fully saturated rings. The molecule has 17 heavy (non-hydrogen) atoms. The molecule has 1 aromatic carbocycles. The van der Waals surface area contributed by atoms with Gasteiger partial charge in [0.05, 0.1) is 10.5 Å². The van der Waals surface area contributed by atoms with Crippen molar-refractivity contribution in [3.05, 3.63) is 42.0 Å². The van der Waals surface area contributed by atoms with Gasteiger partial charge in [-0.25, -0.2) is 0 Å². The second kappa shape index (κ2) is 7.13. The van der Waals surface area contributed by atoms with Crippen LogP contribution in [0.1, 0.15) is 18.4 Å². The minimum Gasteiger partial charge on any atom is -0.352 e. The lowest BCUT2D eigenvalue weighted by Crippen LogP contribution is -2.32. The van der Waals surface area contributed by atoms with Crippen LogP contribution >= 0.6 is 22.6 Å². The molecule has 0 radical (unpaired) electrons. The van der Waals surface area contributed by atoms with Gasteiger partial charge in [-0.1, -0.05) is 65.1 Å². The maximum absolute atomic E-state index is 5.70. The Balaban J connectivity index is 1.73. The topological polar surface area (TPSA) is 18.5 Å². The highest BCUT2D eigenvalue weighted by atomic mass is 127. The van der Waals surface area contributed by atoms with Gasteiger partial charge in [-0.3, -0.25) is 0 Å². The third-order valence-electron chi connectivity index (χ3n) is 2.67. The number of benzene rings is 1. The molecule has 2 atom stereocenters. The molecule has 1 aliphatic heterocycles. The number of alkyl halides is 1. The zero-order valence-corrected chi connectivity index (χ0v) is 11.9. The Bertz CT molecular complexity index is 350. The summed E-state index contributed by atoms with van der Waals surface area (Å²) in [5, 5.41) is 0. The summed E-state index contributed by atoms with van der Waals surface area (Å²) in [5.41, 5.74) is 1.20. The molecule has 0 saturated carbocycles. The van der Waals surface area contributed by atoms with Gasteiger partial charge < -0.3 is 9.47 Å². The molecule has 0 amide bonds. The Morgan fingerprint density at radius 1 is 1.35 bits per heavy atom. The van der Waals surface area contributed by atoms with E-state index in [9.17, 15) is 0 Å². The summed E-state index contributed by atoms with van der Waals surface area (Å²) in [6.45, 7) is 1.44. The van der Waals surface area contributed by atoms with Gasteiger partial charge in [0.1, 0.15) is 0 Å². The fraction of sp³-hybridized carbons (Fsp3) is 0.429. The molecule has 1 saturated heterocycles. The first-order chi connectivity index (χ1) is 8.36. The predicted molar refractivity (Wildman–Crippen MR) is 78.2 cm³/mol. The highest BCUT2D eigenvalue weighted by Crippen LogP contribution is 2.22. The Morgan fingerprint density at radius 2 is 2.18 bits per heavy atom. The van der Waals surface area contributed by atoms with Crippen LogP contribution in [0.25, 0.3) is 6.08 Å². The van der Waals surface area contributed by atoms with Crippen LogP contribution in [0.2, 0.25) is 0 Å².